The van der Waals surface area contributed by atoms with Crippen molar-refractivity contribution < 1.29 is 9.53 Å². The van der Waals surface area contributed by atoms with Gasteiger partial charge >= 0.3 is 5.97 Å². The standard InChI is InChI=1S/C20H38O2/c1-3-4-5-6-7-8-9-10-11-12-13-20(21)22-19-16-14-18(2)15-17-19/h18-19H,3-17H2,1-2H3. The molecule has 1 saturated carbocycles. The van der Waals surface area contributed by atoms with Gasteiger partial charge in [-0.3, -0.25) is 4.79 Å². The van der Waals surface area contributed by atoms with Crippen molar-refractivity contribution in [2.45, 2.75) is 116 Å². The van der Waals surface area contributed by atoms with Crippen LogP contribution in [0.5, 0.6) is 0 Å². The molecule has 1 fully saturated rings. The molecule has 0 N–H and O–H groups in total. The van der Waals surface area contributed by atoms with Crippen LogP contribution in [-0.2, 0) is 9.53 Å². The van der Waals surface area contributed by atoms with Gasteiger partial charge in [0.25, 0.3) is 0 Å². The molecular weight excluding hydrogens is 272 g/mol. The van der Waals surface area contributed by atoms with E-state index in [1.54, 1.807) is 0 Å². The van der Waals surface area contributed by atoms with Gasteiger partial charge in [0.2, 0.25) is 0 Å². The summed E-state index contributed by atoms with van der Waals surface area (Å²) in [5.41, 5.74) is 0. The average Bonchev–Trinajstić information content (AvgIpc) is 2.51. The van der Waals surface area contributed by atoms with E-state index in [0.29, 0.717) is 6.42 Å². The third kappa shape index (κ3) is 10.2. The minimum atomic E-state index is 0.0409. The molecule has 0 bridgehead atoms. The lowest BCUT2D eigenvalue weighted by atomic mass is 9.89. The number of rotatable bonds is 12. The molecule has 0 spiro atoms. The SMILES string of the molecule is CCCCCCCCCCCCC(=O)OC1CCC(C)CC1. The van der Waals surface area contributed by atoms with Crippen LogP contribution in [0.3, 0.4) is 0 Å². The first kappa shape index (κ1) is 19.5. The number of carbonyl (C=O) groups is 1. The molecule has 1 aliphatic rings. The fourth-order valence-corrected chi connectivity index (χ4v) is 3.35. The van der Waals surface area contributed by atoms with Gasteiger partial charge in [-0.05, 0) is 38.0 Å². The summed E-state index contributed by atoms with van der Waals surface area (Å²) in [4.78, 5) is 11.8. The number of esters is 1. The third-order valence-electron chi connectivity index (χ3n) is 5.00. The largest absolute Gasteiger partial charge is 0.462 e. The van der Waals surface area contributed by atoms with E-state index in [1.165, 1.54) is 70.6 Å². The van der Waals surface area contributed by atoms with Gasteiger partial charge in [0, 0.05) is 6.42 Å². The van der Waals surface area contributed by atoms with Gasteiger partial charge in [0.15, 0.2) is 0 Å². The highest BCUT2D eigenvalue weighted by Crippen LogP contribution is 2.25. The summed E-state index contributed by atoms with van der Waals surface area (Å²) in [5, 5.41) is 0. The van der Waals surface area contributed by atoms with Crippen molar-refractivity contribution in [2.75, 3.05) is 0 Å². The molecule has 1 rings (SSSR count). The van der Waals surface area contributed by atoms with Gasteiger partial charge in [-0.1, -0.05) is 71.6 Å². The topological polar surface area (TPSA) is 26.3 Å². The fourth-order valence-electron chi connectivity index (χ4n) is 3.35. The van der Waals surface area contributed by atoms with Crippen LogP contribution in [0.1, 0.15) is 110 Å². The van der Waals surface area contributed by atoms with E-state index < -0.39 is 0 Å². The highest BCUT2D eigenvalue weighted by molar-refractivity contribution is 5.69. The van der Waals surface area contributed by atoms with Crippen LogP contribution in [0.25, 0.3) is 0 Å². The number of hydrogen-bond donors (Lipinski definition) is 0. The van der Waals surface area contributed by atoms with Gasteiger partial charge in [-0.15, -0.1) is 0 Å². The molecule has 22 heavy (non-hydrogen) atoms. The van der Waals surface area contributed by atoms with Crippen LogP contribution in [-0.4, -0.2) is 12.1 Å². The molecular formula is C20H38O2. The second kappa shape index (κ2) is 13.0. The summed E-state index contributed by atoms with van der Waals surface area (Å²) in [6.45, 7) is 4.56. The van der Waals surface area contributed by atoms with Gasteiger partial charge in [-0.2, -0.15) is 0 Å². The summed E-state index contributed by atoms with van der Waals surface area (Å²) in [6, 6.07) is 0. The molecule has 0 aromatic carbocycles. The van der Waals surface area contributed by atoms with E-state index in [4.69, 9.17) is 4.74 Å². The molecule has 2 nitrogen and oxygen atoms in total. The predicted octanol–water partition coefficient (Wildman–Crippen LogP) is 6.42. The minimum absolute atomic E-state index is 0.0409. The quantitative estimate of drug-likeness (QED) is 0.307. The maximum Gasteiger partial charge on any atom is 0.306 e. The Kier molecular flexibility index (Phi) is 11.5. The van der Waals surface area contributed by atoms with E-state index in [2.05, 4.69) is 13.8 Å². The fraction of sp³-hybridized carbons (Fsp3) is 0.950. The molecule has 1 aliphatic carbocycles. The molecule has 0 atom stereocenters. The molecule has 0 aromatic heterocycles. The second-order valence-electron chi connectivity index (χ2n) is 7.30. The molecule has 0 unspecified atom stereocenters. The number of ether oxygens (including phenoxy) is 1. The Labute approximate surface area is 138 Å². The first-order valence-corrected chi connectivity index (χ1v) is 9.91. The molecule has 0 heterocycles. The first-order valence-electron chi connectivity index (χ1n) is 9.91. The molecule has 130 valence electrons. The summed E-state index contributed by atoms with van der Waals surface area (Å²) < 4.78 is 5.58. The first-order chi connectivity index (χ1) is 10.7. The maximum atomic E-state index is 11.8. The van der Waals surface area contributed by atoms with E-state index >= 15 is 0 Å². The van der Waals surface area contributed by atoms with Gasteiger partial charge in [-0.25, -0.2) is 0 Å². The Morgan fingerprint density at radius 2 is 1.32 bits per heavy atom. The molecule has 2 heteroatoms. The van der Waals surface area contributed by atoms with Crippen LogP contribution in [0, 0.1) is 5.92 Å². The van der Waals surface area contributed by atoms with Crippen molar-refractivity contribution >= 4 is 5.97 Å². The van der Waals surface area contributed by atoms with Crippen molar-refractivity contribution in [1.29, 1.82) is 0 Å². The van der Waals surface area contributed by atoms with Crippen LogP contribution in [0.4, 0.5) is 0 Å². The Balaban J connectivity index is 1.84. The van der Waals surface area contributed by atoms with Crippen molar-refractivity contribution in [1.82, 2.24) is 0 Å². The summed E-state index contributed by atoms with van der Waals surface area (Å²) in [5.74, 6) is 0.857. The molecule has 0 amide bonds. The Morgan fingerprint density at radius 3 is 1.86 bits per heavy atom. The lowest BCUT2D eigenvalue weighted by Gasteiger charge is -2.25. The average molecular weight is 311 g/mol. The molecule has 0 aromatic rings. The molecule has 0 aliphatic heterocycles. The Morgan fingerprint density at radius 1 is 0.818 bits per heavy atom. The second-order valence-corrected chi connectivity index (χ2v) is 7.30. The molecule has 0 saturated heterocycles. The van der Waals surface area contributed by atoms with E-state index in [9.17, 15) is 4.79 Å². The summed E-state index contributed by atoms with van der Waals surface area (Å²) in [7, 11) is 0. The lowest BCUT2D eigenvalue weighted by molar-refractivity contribution is -0.151. The number of carbonyl (C=O) groups excluding carboxylic acids is 1. The van der Waals surface area contributed by atoms with E-state index in [-0.39, 0.29) is 12.1 Å². The highest BCUT2D eigenvalue weighted by Gasteiger charge is 2.21. The number of unbranched alkanes of at least 4 members (excludes halogenated alkanes) is 9. The monoisotopic (exact) mass is 310 g/mol. The van der Waals surface area contributed by atoms with Gasteiger partial charge in [0.05, 0.1) is 0 Å². The van der Waals surface area contributed by atoms with Gasteiger partial charge < -0.3 is 4.74 Å². The van der Waals surface area contributed by atoms with Crippen molar-refractivity contribution in [3.63, 3.8) is 0 Å². The smallest absolute Gasteiger partial charge is 0.306 e. The van der Waals surface area contributed by atoms with Gasteiger partial charge in [0.1, 0.15) is 6.10 Å². The van der Waals surface area contributed by atoms with Crippen LogP contribution >= 0.6 is 0 Å². The molecule has 0 radical (unpaired) electrons. The number of hydrogen-bond acceptors (Lipinski definition) is 2. The zero-order valence-electron chi connectivity index (χ0n) is 15.1. The van der Waals surface area contributed by atoms with Crippen LogP contribution in [0.15, 0.2) is 0 Å². The zero-order valence-corrected chi connectivity index (χ0v) is 15.1. The lowest BCUT2D eigenvalue weighted by Crippen LogP contribution is -2.23. The Bertz CT molecular complexity index is 267. The maximum absolute atomic E-state index is 11.8. The minimum Gasteiger partial charge on any atom is -0.462 e. The van der Waals surface area contributed by atoms with E-state index in [0.717, 1.165) is 25.2 Å². The van der Waals surface area contributed by atoms with Crippen molar-refractivity contribution in [2.24, 2.45) is 5.92 Å². The highest BCUT2D eigenvalue weighted by atomic mass is 16.5. The van der Waals surface area contributed by atoms with Crippen molar-refractivity contribution in [3.8, 4) is 0 Å². The summed E-state index contributed by atoms with van der Waals surface area (Å²) in [6.07, 6.45) is 18.5. The summed E-state index contributed by atoms with van der Waals surface area (Å²) >= 11 is 0. The van der Waals surface area contributed by atoms with Crippen LogP contribution < -0.4 is 0 Å². The van der Waals surface area contributed by atoms with Crippen LogP contribution in [0.2, 0.25) is 0 Å². The Hall–Kier alpha value is -0.530. The van der Waals surface area contributed by atoms with Crippen molar-refractivity contribution in [3.05, 3.63) is 0 Å². The zero-order chi connectivity index (χ0) is 16.0. The predicted molar refractivity (Wildman–Crippen MR) is 94.0 cm³/mol. The normalized spacial score (nSPS) is 21.7. The van der Waals surface area contributed by atoms with E-state index in [1.807, 2.05) is 0 Å². The third-order valence-corrected chi connectivity index (χ3v) is 5.00.